The molecule has 0 spiro atoms. The Kier molecular flexibility index (Phi) is 4.45. The van der Waals surface area contributed by atoms with E-state index in [1.54, 1.807) is 0 Å². The van der Waals surface area contributed by atoms with Crippen molar-refractivity contribution < 1.29 is 19.5 Å². The largest absolute Gasteiger partial charge is 0.481 e. The van der Waals surface area contributed by atoms with E-state index in [0.29, 0.717) is 13.0 Å². The summed E-state index contributed by atoms with van der Waals surface area (Å²) in [6.45, 7) is 0.449. The summed E-state index contributed by atoms with van der Waals surface area (Å²) in [5, 5.41) is 11.0. The number of carboxylic acids is 1. The molecule has 0 aromatic rings. The van der Waals surface area contributed by atoms with Crippen molar-refractivity contribution in [1.82, 2.24) is 10.2 Å². The number of hydrogen-bond acceptors (Lipinski definition) is 4. The Hall–Kier alpha value is -1.63. The van der Waals surface area contributed by atoms with Gasteiger partial charge in [0.2, 0.25) is 11.8 Å². The molecule has 17 heavy (non-hydrogen) atoms. The van der Waals surface area contributed by atoms with Gasteiger partial charge in [-0.15, -0.1) is 0 Å². The van der Waals surface area contributed by atoms with Gasteiger partial charge in [-0.2, -0.15) is 0 Å². The van der Waals surface area contributed by atoms with Crippen LogP contribution in [0, 0.1) is 0 Å². The number of carbonyl (C=O) groups excluding carboxylic acids is 2. The number of nitrogens with one attached hydrogen (secondary N) is 1. The molecule has 7 nitrogen and oxygen atoms in total. The lowest BCUT2D eigenvalue weighted by atomic mass is 10.1. The molecule has 0 radical (unpaired) electrons. The van der Waals surface area contributed by atoms with Crippen LogP contribution in [-0.4, -0.2) is 53.5 Å². The highest BCUT2D eigenvalue weighted by atomic mass is 16.4. The van der Waals surface area contributed by atoms with E-state index in [2.05, 4.69) is 5.32 Å². The summed E-state index contributed by atoms with van der Waals surface area (Å²) in [5.74, 6) is -1.83. The first-order valence-electron chi connectivity index (χ1n) is 5.46. The lowest BCUT2D eigenvalue weighted by molar-refractivity contribution is -0.143. The number of carboxylic acid groups (broad SMARTS) is 1. The zero-order valence-electron chi connectivity index (χ0n) is 9.68. The van der Waals surface area contributed by atoms with Crippen LogP contribution in [0.5, 0.6) is 0 Å². The molecule has 1 rings (SSSR count). The fourth-order valence-electron chi connectivity index (χ4n) is 1.96. The van der Waals surface area contributed by atoms with E-state index in [1.165, 1.54) is 11.9 Å². The van der Waals surface area contributed by atoms with Crippen LogP contribution < -0.4 is 11.1 Å². The summed E-state index contributed by atoms with van der Waals surface area (Å²) < 4.78 is 0. The number of likely N-dealkylation sites (N-methyl/N-ethyl adjacent to an activating group) is 1. The topological polar surface area (TPSA) is 113 Å². The van der Waals surface area contributed by atoms with Gasteiger partial charge >= 0.3 is 5.97 Å². The van der Waals surface area contributed by atoms with Crippen molar-refractivity contribution in [2.45, 2.75) is 31.3 Å². The van der Waals surface area contributed by atoms with E-state index >= 15 is 0 Å². The van der Waals surface area contributed by atoms with Gasteiger partial charge in [0, 0.05) is 13.6 Å². The molecule has 1 heterocycles. The number of carbonyl (C=O) groups is 3. The first kappa shape index (κ1) is 13.4. The SMILES string of the molecule is CNC(=O)C1CCCN1C(=O)C(N)CC(=O)O. The second-order valence-electron chi connectivity index (χ2n) is 4.01. The minimum atomic E-state index is -1.12. The molecule has 96 valence electrons. The molecule has 2 amide bonds. The van der Waals surface area contributed by atoms with Gasteiger partial charge in [0.25, 0.3) is 0 Å². The fourth-order valence-corrected chi connectivity index (χ4v) is 1.96. The second kappa shape index (κ2) is 5.62. The van der Waals surface area contributed by atoms with Crippen molar-refractivity contribution in [1.29, 1.82) is 0 Å². The Morgan fingerprint density at radius 2 is 2.18 bits per heavy atom. The van der Waals surface area contributed by atoms with Crippen LogP contribution in [0.2, 0.25) is 0 Å². The monoisotopic (exact) mass is 243 g/mol. The number of amides is 2. The number of likely N-dealkylation sites (tertiary alicyclic amines) is 1. The third kappa shape index (κ3) is 3.16. The molecule has 0 saturated carbocycles. The van der Waals surface area contributed by atoms with Gasteiger partial charge in [0.15, 0.2) is 0 Å². The summed E-state index contributed by atoms with van der Waals surface area (Å²) in [6, 6.07) is -1.61. The van der Waals surface area contributed by atoms with Crippen molar-refractivity contribution in [2.75, 3.05) is 13.6 Å². The third-order valence-corrected chi connectivity index (χ3v) is 2.80. The Morgan fingerprint density at radius 3 is 2.71 bits per heavy atom. The fraction of sp³-hybridized carbons (Fsp3) is 0.700. The molecule has 0 aromatic carbocycles. The van der Waals surface area contributed by atoms with Crippen LogP contribution in [0.1, 0.15) is 19.3 Å². The number of rotatable bonds is 4. The minimum absolute atomic E-state index is 0.238. The molecule has 1 aliphatic rings. The van der Waals surface area contributed by atoms with Crippen molar-refractivity contribution in [3.63, 3.8) is 0 Å². The van der Waals surface area contributed by atoms with Gasteiger partial charge < -0.3 is 21.1 Å². The number of nitrogens with zero attached hydrogens (tertiary/aromatic N) is 1. The standard InChI is InChI=1S/C10H17N3O4/c1-12-9(16)7-3-2-4-13(7)10(17)6(11)5-8(14)15/h6-7H,2-5,11H2,1H3,(H,12,16)(H,14,15). The number of nitrogens with two attached hydrogens (primary N) is 1. The first-order chi connectivity index (χ1) is 7.97. The van der Waals surface area contributed by atoms with E-state index in [9.17, 15) is 14.4 Å². The average molecular weight is 243 g/mol. The lowest BCUT2D eigenvalue weighted by Crippen LogP contribution is -2.51. The van der Waals surface area contributed by atoms with E-state index in [4.69, 9.17) is 10.8 Å². The van der Waals surface area contributed by atoms with E-state index in [0.717, 1.165) is 6.42 Å². The summed E-state index contributed by atoms with van der Waals surface area (Å²) in [7, 11) is 1.50. The number of aliphatic carboxylic acids is 1. The molecule has 1 fully saturated rings. The summed E-state index contributed by atoms with van der Waals surface area (Å²) in [4.78, 5) is 35.2. The second-order valence-corrected chi connectivity index (χ2v) is 4.01. The highest BCUT2D eigenvalue weighted by Gasteiger charge is 2.36. The van der Waals surface area contributed by atoms with Crippen molar-refractivity contribution in [3.05, 3.63) is 0 Å². The lowest BCUT2D eigenvalue weighted by Gasteiger charge is -2.25. The molecule has 1 aliphatic heterocycles. The van der Waals surface area contributed by atoms with E-state index < -0.39 is 30.4 Å². The Labute approximate surface area is 98.9 Å². The highest BCUT2D eigenvalue weighted by molar-refractivity contribution is 5.91. The molecular formula is C10H17N3O4. The predicted octanol–water partition coefficient (Wildman–Crippen LogP) is -1.47. The maximum absolute atomic E-state index is 11.9. The van der Waals surface area contributed by atoms with Crippen LogP contribution in [-0.2, 0) is 14.4 Å². The normalized spacial score (nSPS) is 21.1. The van der Waals surface area contributed by atoms with Crippen LogP contribution in [0.25, 0.3) is 0 Å². The molecule has 7 heteroatoms. The third-order valence-electron chi connectivity index (χ3n) is 2.80. The number of hydrogen-bond donors (Lipinski definition) is 3. The molecule has 0 aromatic heterocycles. The predicted molar refractivity (Wildman–Crippen MR) is 59.0 cm³/mol. The van der Waals surface area contributed by atoms with Gasteiger partial charge in [-0.3, -0.25) is 14.4 Å². The Balaban J connectivity index is 2.67. The van der Waals surface area contributed by atoms with E-state index in [-0.39, 0.29) is 5.91 Å². The highest BCUT2D eigenvalue weighted by Crippen LogP contribution is 2.18. The maximum Gasteiger partial charge on any atom is 0.305 e. The first-order valence-corrected chi connectivity index (χ1v) is 5.46. The van der Waals surface area contributed by atoms with Crippen LogP contribution in [0.3, 0.4) is 0 Å². The average Bonchev–Trinajstić information content (AvgIpc) is 2.74. The Morgan fingerprint density at radius 1 is 1.53 bits per heavy atom. The van der Waals surface area contributed by atoms with Gasteiger partial charge in [-0.1, -0.05) is 0 Å². The smallest absolute Gasteiger partial charge is 0.305 e. The minimum Gasteiger partial charge on any atom is -0.481 e. The Bertz CT molecular complexity index is 332. The van der Waals surface area contributed by atoms with Crippen molar-refractivity contribution >= 4 is 17.8 Å². The van der Waals surface area contributed by atoms with Gasteiger partial charge in [-0.25, -0.2) is 0 Å². The summed E-state index contributed by atoms with van der Waals surface area (Å²) in [5.41, 5.74) is 5.50. The van der Waals surface area contributed by atoms with Gasteiger partial charge in [0.1, 0.15) is 6.04 Å². The quantitative estimate of drug-likeness (QED) is 0.557. The maximum atomic E-state index is 11.9. The van der Waals surface area contributed by atoms with Crippen LogP contribution in [0.4, 0.5) is 0 Å². The molecule has 2 atom stereocenters. The van der Waals surface area contributed by atoms with Crippen LogP contribution in [0.15, 0.2) is 0 Å². The van der Waals surface area contributed by atoms with E-state index in [1.807, 2.05) is 0 Å². The molecule has 0 bridgehead atoms. The summed E-state index contributed by atoms with van der Waals surface area (Å²) in [6.07, 6.45) is 0.893. The molecule has 2 unspecified atom stereocenters. The van der Waals surface area contributed by atoms with Gasteiger partial charge in [0.05, 0.1) is 12.5 Å². The summed E-state index contributed by atoms with van der Waals surface area (Å²) >= 11 is 0. The molecule has 1 saturated heterocycles. The van der Waals surface area contributed by atoms with Crippen molar-refractivity contribution in [3.8, 4) is 0 Å². The zero-order chi connectivity index (χ0) is 13.0. The van der Waals surface area contributed by atoms with Crippen molar-refractivity contribution in [2.24, 2.45) is 5.73 Å². The molecular weight excluding hydrogens is 226 g/mol. The molecule has 4 N–H and O–H groups in total. The zero-order valence-corrected chi connectivity index (χ0v) is 9.68. The molecule has 0 aliphatic carbocycles. The van der Waals surface area contributed by atoms with Gasteiger partial charge in [-0.05, 0) is 12.8 Å². The van der Waals surface area contributed by atoms with Crippen LogP contribution >= 0.6 is 0 Å².